The maximum Gasteiger partial charge on any atom is 0.338 e. The van der Waals surface area contributed by atoms with Gasteiger partial charge in [0, 0.05) is 24.2 Å². The van der Waals surface area contributed by atoms with Crippen LogP contribution in [0, 0.1) is 0 Å². The van der Waals surface area contributed by atoms with Crippen molar-refractivity contribution in [2.75, 3.05) is 24.4 Å². The first-order valence-corrected chi connectivity index (χ1v) is 9.03. The van der Waals surface area contributed by atoms with Gasteiger partial charge in [0.05, 0.1) is 30.9 Å². The van der Waals surface area contributed by atoms with Gasteiger partial charge in [-0.15, -0.1) is 0 Å². The molecule has 9 heteroatoms. The molecule has 0 spiro atoms. The van der Waals surface area contributed by atoms with Gasteiger partial charge in [-0.1, -0.05) is 12.1 Å². The number of fused-ring (bicyclic) bond motifs is 1. The molecule has 4 N–H and O–H groups in total. The van der Waals surface area contributed by atoms with E-state index < -0.39 is 30.0 Å². The first kappa shape index (κ1) is 20.9. The quantitative estimate of drug-likeness (QED) is 0.504. The van der Waals surface area contributed by atoms with Crippen LogP contribution in [0.3, 0.4) is 0 Å². The Morgan fingerprint density at radius 1 is 1.23 bits per heavy atom. The number of benzene rings is 2. The van der Waals surface area contributed by atoms with Gasteiger partial charge in [0.25, 0.3) is 0 Å². The van der Waals surface area contributed by atoms with Gasteiger partial charge in [-0.05, 0) is 30.3 Å². The van der Waals surface area contributed by atoms with Crippen molar-refractivity contribution in [3.8, 4) is 5.75 Å². The molecule has 9 nitrogen and oxygen atoms in total. The second-order valence-corrected chi connectivity index (χ2v) is 6.58. The number of nitrogens with zero attached hydrogens (tertiary/aromatic N) is 1. The van der Waals surface area contributed by atoms with Crippen LogP contribution in [-0.4, -0.2) is 37.2 Å². The Morgan fingerprint density at radius 2 is 1.97 bits per heavy atom. The summed E-state index contributed by atoms with van der Waals surface area (Å²) in [5, 5.41) is 12.2. The lowest BCUT2D eigenvalue weighted by Gasteiger charge is -2.22. The van der Waals surface area contributed by atoms with E-state index in [2.05, 4.69) is 5.32 Å². The lowest BCUT2D eigenvalue weighted by molar-refractivity contribution is -0.138. The Balaban J connectivity index is 1.98. The van der Waals surface area contributed by atoms with E-state index in [1.54, 1.807) is 42.3 Å². The average Bonchev–Trinajstić information content (AvgIpc) is 2.72. The number of hydrogen-bond acceptors (Lipinski definition) is 7. The largest absolute Gasteiger partial charge is 0.495 e. The summed E-state index contributed by atoms with van der Waals surface area (Å²) in [6.45, 7) is 0. The lowest BCUT2D eigenvalue weighted by atomic mass is 10.1. The lowest BCUT2D eigenvalue weighted by Crippen LogP contribution is -2.37. The first-order chi connectivity index (χ1) is 14.3. The number of anilines is 3. The number of rotatable bonds is 7. The second kappa shape index (κ2) is 8.66. The van der Waals surface area contributed by atoms with Gasteiger partial charge < -0.3 is 30.2 Å². The third kappa shape index (κ3) is 4.41. The molecule has 0 fully saturated rings. The molecule has 0 aliphatic heterocycles. The van der Waals surface area contributed by atoms with Gasteiger partial charge >= 0.3 is 11.6 Å². The maximum atomic E-state index is 12.3. The predicted octanol–water partition coefficient (Wildman–Crippen LogP) is 2.31. The summed E-state index contributed by atoms with van der Waals surface area (Å²) >= 11 is 0. The van der Waals surface area contributed by atoms with Gasteiger partial charge in [-0.2, -0.15) is 0 Å². The molecule has 3 aromatic rings. The summed E-state index contributed by atoms with van der Waals surface area (Å²) in [5.74, 6) is -1.45. The van der Waals surface area contributed by atoms with E-state index in [1.807, 2.05) is 12.1 Å². The fourth-order valence-corrected chi connectivity index (χ4v) is 3.02. The molecule has 1 heterocycles. The number of carboxylic acid groups (broad SMARTS) is 1. The number of para-hydroxylation sites is 1. The molecule has 0 bridgehead atoms. The zero-order chi connectivity index (χ0) is 21.8. The Hall–Kier alpha value is -3.85. The minimum absolute atomic E-state index is 0.319. The summed E-state index contributed by atoms with van der Waals surface area (Å²) in [6, 6.07) is 12.4. The fraction of sp³-hybridized carbons (Fsp3) is 0.190. The van der Waals surface area contributed by atoms with Crippen LogP contribution in [0.4, 0.5) is 17.1 Å². The number of methoxy groups -OCH3 is 1. The van der Waals surface area contributed by atoms with Crippen molar-refractivity contribution in [3.05, 3.63) is 59.0 Å². The Labute approximate surface area is 171 Å². The molecule has 0 saturated carbocycles. The number of hydrogen-bond donors (Lipinski definition) is 3. The minimum atomic E-state index is -1.21. The molecule has 0 aliphatic carbocycles. The van der Waals surface area contributed by atoms with Crippen LogP contribution in [0.2, 0.25) is 0 Å². The molecule has 1 amide bonds. The Kier molecular flexibility index (Phi) is 6.03. The molecule has 1 atom stereocenters. The predicted molar refractivity (Wildman–Crippen MR) is 112 cm³/mol. The van der Waals surface area contributed by atoms with Gasteiger partial charge in [-0.25, -0.2) is 4.79 Å². The monoisotopic (exact) mass is 411 g/mol. The van der Waals surface area contributed by atoms with Crippen molar-refractivity contribution in [2.45, 2.75) is 12.5 Å². The molecule has 2 aromatic carbocycles. The second-order valence-electron chi connectivity index (χ2n) is 6.58. The van der Waals surface area contributed by atoms with Crippen LogP contribution < -0.4 is 26.3 Å². The standard InChI is InChI=1S/C21H21N3O6/c1-24(16-11-20(27)30-17-6-4-3-5-13(16)17)12-7-8-18(29-2)15(9-12)23-21(28)14(22)10-19(25)26/h3-9,11,14H,10,22H2,1-2H3,(H,23,28)(H,25,26). The number of nitrogens with two attached hydrogens (primary N) is 1. The highest BCUT2D eigenvalue weighted by atomic mass is 16.5. The molecule has 156 valence electrons. The Bertz CT molecular complexity index is 1160. The van der Waals surface area contributed by atoms with Crippen LogP contribution in [-0.2, 0) is 9.59 Å². The SMILES string of the molecule is COc1ccc(N(C)c2cc(=O)oc3ccccc23)cc1NC(=O)C(N)CC(=O)O. The van der Waals surface area contributed by atoms with Gasteiger partial charge in [0.15, 0.2) is 0 Å². The zero-order valence-corrected chi connectivity index (χ0v) is 16.4. The summed E-state index contributed by atoms with van der Waals surface area (Å²) in [6.07, 6.45) is -0.500. The normalized spacial score (nSPS) is 11.7. The minimum Gasteiger partial charge on any atom is -0.495 e. The number of carboxylic acids is 1. The van der Waals surface area contributed by atoms with Crippen LogP contribution >= 0.6 is 0 Å². The van der Waals surface area contributed by atoms with E-state index in [4.69, 9.17) is 20.0 Å². The number of amides is 1. The van der Waals surface area contributed by atoms with Crippen molar-refractivity contribution in [1.82, 2.24) is 0 Å². The molecular formula is C21H21N3O6. The molecular weight excluding hydrogens is 390 g/mol. The number of carbonyl (C=O) groups excluding carboxylic acids is 1. The van der Waals surface area contributed by atoms with Crippen molar-refractivity contribution < 1.29 is 23.8 Å². The van der Waals surface area contributed by atoms with E-state index in [0.29, 0.717) is 28.4 Å². The highest BCUT2D eigenvalue weighted by molar-refractivity contribution is 5.99. The molecule has 1 aromatic heterocycles. The van der Waals surface area contributed by atoms with Crippen molar-refractivity contribution in [1.29, 1.82) is 0 Å². The first-order valence-electron chi connectivity index (χ1n) is 9.03. The van der Waals surface area contributed by atoms with Crippen molar-refractivity contribution in [3.63, 3.8) is 0 Å². The molecule has 0 radical (unpaired) electrons. The summed E-state index contributed by atoms with van der Waals surface area (Å²) < 4.78 is 10.5. The summed E-state index contributed by atoms with van der Waals surface area (Å²) in [5.41, 5.74) is 7.18. The van der Waals surface area contributed by atoms with E-state index in [-0.39, 0.29) is 0 Å². The van der Waals surface area contributed by atoms with E-state index in [1.165, 1.54) is 13.2 Å². The molecule has 3 rings (SSSR count). The van der Waals surface area contributed by atoms with Crippen LogP contribution in [0.5, 0.6) is 5.75 Å². The van der Waals surface area contributed by atoms with Gasteiger partial charge in [-0.3, -0.25) is 9.59 Å². The van der Waals surface area contributed by atoms with E-state index in [9.17, 15) is 14.4 Å². The third-order valence-electron chi connectivity index (χ3n) is 4.55. The third-order valence-corrected chi connectivity index (χ3v) is 4.55. The van der Waals surface area contributed by atoms with Crippen LogP contribution in [0.1, 0.15) is 6.42 Å². The number of nitrogens with one attached hydrogen (secondary N) is 1. The van der Waals surface area contributed by atoms with Gasteiger partial charge in [0.1, 0.15) is 11.3 Å². The highest BCUT2D eigenvalue weighted by Crippen LogP contribution is 2.34. The Morgan fingerprint density at radius 3 is 2.67 bits per heavy atom. The van der Waals surface area contributed by atoms with Crippen molar-refractivity contribution >= 4 is 39.9 Å². The summed E-state index contributed by atoms with van der Waals surface area (Å²) in [4.78, 5) is 36.8. The zero-order valence-electron chi connectivity index (χ0n) is 16.4. The molecule has 0 saturated heterocycles. The van der Waals surface area contributed by atoms with Gasteiger partial charge in [0.2, 0.25) is 5.91 Å². The fourth-order valence-electron chi connectivity index (χ4n) is 3.02. The smallest absolute Gasteiger partial charge is 0.338 e. The number of aliphatic carboxylic acids is 1. The topological polar surface area (TPSA) is 135 Å². The number of carbonyl (C=O) groups is 2. The average molecular weight is 411 g/mol. The highest BCUT2D eigenvalue weighted by Gasteiger charge is 2.20. The van der Waals surface area contributed by atoms with E-state index in [0.717, 1.165) is 5.39 Å². The van der Waals surface area contributed by atoms with Crippen LogP contribution in [0.15, 0.2) is 57.7 Å². The summed E-state index contributed by atoms with van der Waals surface area (Å²) in [7, 11) is 3.21. The van der Waals surface area contributed by atoms with E-state index >= 15 is 0 Å². The molecule has 1 unspecified atom stereocenters. The van der Waals surface area contributed by atoms with Crippen molar-refractivity contribution in [2.24, 2.45) is 5.73 Å². The number of ether oxygens (including phenoxy) is 1. The molecule has 30 heavy (non-hydrogen) atoms. The van der Waals surface area contributed by atoms with Crippen LogP contribution in [0.25, 0.3) is 11.0 Å². The maximum absolute atomic E-state index is 12.3. The molecule has 0 aliphatic rings.